The van der Waals surface area contributed by atoms with E-state index in [0.29, 0.717) is 29.0 Å². The quantitative estimate of drug-likeness (QED) is 0.436. The number of sulfonamides is 2. The first-order chi connectivity index (χ1) is 14.9. The molecule has 0 fully saturated rings. The number of carbonyl (C=O) groups is 1. The average molecular weight is 500 g/mol. The second-order valence-corrected chi connectivity index (χ2v) is 11.9. The van der Waals surface area contributed by atoms with E-state index in [0.717, 1.165) is 11.8 Å². The predicted octanol–water partition coefficient (Wildman–Crippen LogP) is 2.39. The van der Waals surface area contributed by atoms with E-state index in [2.05, 4.69) is 14.8 Å². The van der Waals surface area contributed by atoms with Crippen LogP contribution in [0.2, 0.25) is 0 Å². The summed E-state index contributed by atoms with van der Waals surface area (Å²) in [5, 5.41) is 2.75. The van der Waals surface area contributed by atoms with Crippen molar-refractivity contribution in [1.29, 1.82) is 0 Å². The maximum absolute atomic E-state index is 13.0. The summed E-state index contributed by atoms with van der Waals surface area (Å²) in [5.41, 5.74) is 2.47. The molecule has 0 aliphatic rings. The molecule has 0 bridgehead atoms. The van der Waals surface area contributed by atoms with Gasteiger partial charge in [0.15, 0.2) is 0 Å². The molecule has 0 spiro atoms. The number of amides is 1. The molecule has 0 aliphatic carbocycles. The van der Waals surface area contributed by atoms with Crippen molar-refractivity contribution in [2.45, 2.75) is 37.8 Å². The molecule has 0 saturated carbocycles. The van der Waals surface area contributed by atoms with E-state index in [4.69, 9.17) is 0 Å². The average Bonchev–Trinajstić information content (AvgIpc) is 2.70. The molecule has 0 radical (unpaired) electrons. The number of thioether (sulfide) groups is 1. The molecule has 0 aromatic heterocycles. The van der Waals surface area contributed by atoms with E-state index in [-0.39, 0.29) is 11.4 Å². The van der Waals surface area contributed by atoms with E-state index in [1.807, 2.05) is 19.2 Å². The van der Waals surface area contributed by atoms with Crippen LogP contribution in [0.4, 0.5) is 5.69 Å². The van der Waals surface area contributed by atoms with Gasteiger partial charge in [-0.05, 0) is 67.2 Å². The lowest BCUT2D eigenvalue weighted by molar-refractivity contribution is -0.122. The van der Waals surface area contributed by atoms with E-state index in [1.54, 1.807) is 43.3 Å². The zero-order valence-corrected chi connectivity index (χ0v) is 21.0. The number of hydrogen-bond donors (Lipinski definition) is 3. The highest BCUT2D eigenvalue weighted by Crippen LogP contribution is 2.18. The maximum atomic E-state index is 13.0. The highest BCUT2D eigenvalue weighted by Gasteiger charge is 2.26. The second kappa shape index (κ2) is 11.2. The van der Waals surface area contributed by atoms with Crippen molar-refractivity contribution >= 4 is 43.4 Å². The summed E-state index contributed by atoms with van der Waals surface area (Å²) < 4.78 is 53.7. The Hall–Kier alpha value is -2.08. The molecule has 0 saturated heterocycles. The SMILES string of the molecule is CSCCC(NS(=O)(=O)c1cc(C)ccc1C)C(=O)NCc1cccc(NS(C)(=O)=O)c1. The summed E-state index contributed by atoms with van der Waals surface area (Å²) in [4.78, 5) is 13.0. The topological polar surface area (TPSA) is 121 Å². The summed E-state index contributed by atoms with van der Waals surface area (Å²) >= 11 is 1.52. The minimum Gasteiger partial charge on any atom is -0.351 e. The van der Waals surface area contributed by atoms with Crippen LogP contribution in [0.15, 0.2) is 47.4 Å². The van der Waals surface area contributed by atoms with Gasteiger partial charge in [0.1, 0.15) is 6.04 Å². The monoisotopic (exact) mass is 499 g/mol. The molecular weight excluding hydrogens is 470 g/mol. The van der Waals surface area contributed by atoms with Crippen LogP contribution in [0.25, 0.3) is 0 Å². The minimum absolute atomic E-state index is 0.124. The first-order valence-electron chi connectivity index (χ1n) is 9.84. The van der Waals surface area contributed by atoms with E-state index < -0.39 is 32.0 Å². The van der Waals surface area contributed by atoms with Gasteiger partial charge in [0.2, 0.25) is 26.0 Å². The molecule has 8 nitrogen and oxygen atoms in total. The van der Waals surface area contributed by atoms with Crippen LogP contribution in [-0.4, -0.2) is 47.0 Å². The summed E-state index contributed by atoms with van der Waals surface area (Å²) in [6, 6.07) is 10.8. The van der Waals surface area contributed by atoms with Gasteiger partial charge < -0.3 is 5.32 Å². The highest BCUT2D eigenvalue weighted by atomic mass is 32.2. The van der Waals surface area contributed by atoms with Crippen LogP contribution in [0.1, 0.15) is 23.1 Å². The van der Waals surface area contributed by atoms with Gasteiger partial charge in [0.25, 0.3) is 0 Å². The van der Waals surface area contributed by atoms with Gasteiger partial charge in [-0.2, -0.15) is 16.5 Å². The smallest absolute Gasteiger partial charge is 0.241 e. The lowest BCUT2D eigenvalue weighted by Crippen LogP contribution is -2.46. The van der Waals surface area contributed by atoms with Crippen LogP contribution >= 0.6 is 11.8 Å². The molecule has 1 unspecified atom stereocenters. The highest BCUT2D eigenvalue weighted by molar-refractivity contribution is 7.98. The Morgan fingerprint density at radius 1 is 1.06 bits per heavy atom. The Kier molecular flexibility index (Phi) is 9.14. The molecule has 2 rings (SSSR count). The molecule has 2 aromatic rings. The van der Waals surface area contributed by atoms with Crippen molar-refractivity contribution in [3.05, 3.63) is 59.2 Å². The molecule has 3 N–H and O–H groups in total. The van der Waals surface area contributed by atoms with Gasteiger partial charge in [-0.25, -0.2) is 16.8 Å². The van der Waals surface area contributed by atoms with E-state index in [1.165, 1.54) is 11.8 Å². The number of benzene rings is 2. The first kappa shape index (κ1) is 26.2. The zero-order valence-electron chi connectivity index (χ0n) is 18.5. The Balaban J connectivity index is 2.14. The molecule has 32 heavy (non-hydrogen) atoms. The molecule has 2 aromatic carbocycles. The van der Waals surface area contributed by atoms with Crippen molar-refractivity contribution in [3.63, 3.8) is 0 Å². The van der Waals surface area contributed by atoms with Crippen molar-refractivity contribution < 1.29 is 21.6 Å². The van der Waals surface area contributed by atoms with Crippen LogP contribution in [0, 0.1) is 13.8 Å². The molecule has 11 heteroatoms. The van der Waals surface area contributed by atoms with Crippen LogP contribution in [-0.2, 0) is 31.4 Å². The van der Waals surface area contributed by atoms with Crippen molar-refractivity contribution in [1.82, 2.24) is 10.0 Å². The fourth-order valence-corrected chi connectivity index (χ4v) is 5.58. The molecule has 1 amide bonds. The fourth-order valence-electron chi connectivity index (χ4n) is 3.00. The summed E-state index contributed by atoms with van der Waals surface area (Å²) in [6.45, 7) is 3.64. The summed E-state index contributed by atoms with van der Waals surface area (Å²) in [5.74, 6) is 0.149. The molecule has 0 aliphatic heterocycles. The van der Waals surface area contributed by atoms with E-state index in [9.17, 15) is 21.6 Å². The summed E-state index contributed by atoms with van der Waals surface area (Å²) in [6.07, 6.45) is 3.26. The van der Waals surface area contributed by atoms with Gasteiger partial charge in [0, 0.05) is 12.2 Å². The third-order valence-electron chi connectivity index (χ3n) is 4.55. The Labute approximate surface area is 194 Å². The van der Waals surface area contributed by atoms with Crippen LogP contribution in [0.5, 0.6) is 0 Å². The van der Waals surface area contributed by atoms with Crippen molar-refractivity contribution in [2.75, 3.05) is 23.0 Å². The Morgan fingerprint density at radius 3 is 2.44 bits per heavy atom. The molecule has 0 heterocycles. The third-order valence-corrected chi connectivity index (χ3v) is 7.42. The lowest BCUT2D eigenvalue weighted by atomic mass is 10.2. The van der Waals surface area contributed by atoms with Gasteiger partial charge in [0.05, 0.1) is 11.2 Å². The largest absolute Gasteiger partial charge is 0.351 e. The van der Waals surface area contributed by atoms with Gasteiger partial charge >= 0.3 is 0 Å². The lowest BCUT2D eigenvalue weighted by Gasteiger charge is -2.19. The minimum atomic E-state index is -3.89. The normalized spacial score (nSPS) is 12.9. The molecular formula is C21H29N3O5S3. The molecule has 176 valence electrons. The van der Waals surface area contributed by atoms with Gasteiger partial charge in [-0.15, -0.1) is 0 Å². The first-order valence-corrected chi connectivity index (χ1v) is 14.6. The van der Waals surface area contributed by atoms with Crippen molar-refractivity contribution in [3.8, 4) is 0 Å². The number of rotatable bonds is 11. The zero-order chi connectivity index (χ0) is 23.9. The predicted molar refractivity (Wildman–Crippen MR) is 130 cm³/mol. The van der Waals surface area contributed by atoms with Crippen molar-refractivity contribution in [2.24, 2.45) is 0 Å². The van der Waals surface area contributed by atoms with Gasteiger partial charge in [-0.1, -0.05) is 24.3 Å². The second-order valence-electron chi connectivity index (χ2n) is 7.52. The summed E-state index contributed by atoms with van der Waals surface area (Å²) in [7, 11) is -7.31. The van der Waals surface area contributed by atoms with E-state index >= 15 is 0 Å². The number of hydrogen-bond acceptors (Lipinski definition) is 6. The standard InChI is InChI=1S/C21H29N3O5S3/c1-15-8-9-16(2)20(12-15)32(28,29)24-19(10-11-30-3)21(25)22-14-17-6-5-7-18(13-17)23-31(4,26)27/h5-9,12-13,19,23-24H,10-11,14H2,1-4H3,(H,22,25). The van der Waals surface area contributed by atoms with Gasteiger partial charge in [-0.3, -0.25) is 9.52 Å². The number of anilines is 1. The third kappa shape index (κ3) is 8.12. The number of aryl methyl sites for hydroxylation is 2. The van der Waals surface area contributed by atoms with Crippen LogP contribution in [0.3, 0.4) is 0 Å². The maximum Gasteiger partial charge on any atom is 0.241 e. The fraction of sp³-hybridized carbons (Fsp3) is 0.381. The molecule has 1 atom stereocenters. The number of nitrogens with one attached hydrogen (secondary N) is 3. The van der Waals surface area contributed by atoms with Crippen LogP contribution < -0.4 is 14.8 Å². The number of carbonyl (C=O) groups excluding carboxylic acids is 1. The Morgan fingerprint density at radius 2 is 1.78 bits per heavy atom. The Bertz CT molecular complexity index is 1160.